The largest absolute Gasteiger partial charge is 0.507 e. The maximum atomic E-state index is 12.7. The molecule has 0 bridgehead atoms. The quantitative estimate of drug-likeness (QED) is 0.441. The van der Waals surface area contributed by atoms with Crippen LogP contribution in [-0.2, 0) is 9.53 Å². The minimum atomic E-state index is -0.614. The predicted octanol–water partition coefficient (Wildman–Crippen LogP) is 2.72. The number of nitrogens with zero attached hydrogens (tertiary/aromatic N) is 1. The van der Waals surface area contributed by atoms with Gasteiger partial charge in [0.1, 0.15) is 35.2 Å². The molecular formula is C20H18ClN3O6. The maximum Gasteiger partial charge on any atom is 0.325 e. The molecule has 1 aromatic heterocycles. The van der Waals surface area contributed by atoms with Gasteiger partial charge in [0.15, 0.2) is 0 Å². The highest BCUT2D eigenvalue weighted by Crippen LogP contribution is 2.41. The van der Waals surface area contributed by atoms with Crippen LogP contribution in [0.3, 0.4) is 0 Å². The van der Waals surface area contributed by atoms with Gasteiger partial charge >= 0.3 is 5.97 Å². The van der Waals surface area contributed by atoms with Crippen LogP contribution in [-0.4, -0.2) is 53.1 Å². The summed E-state index contributed by atoms with van der Waals surface area (Å²) in [7, 11) is 2.74. The molecule has 0 saturated heterocycles. The topological polar surface area (TPSA) is 134 Å². The number of methoxy groups -OCH3 is 2. The van der Waals surface area contributed by atoms with Crippen molar-refractivity contribution in [3.8, 4) is 39.6 Å². The summed E-state index contributed by atoms with van der Waals surface area (Å²) in [5.74, 6) is -1.18. The molecule has 1 amide bonds. The van der Waals surface area contributed by atoms with Gasteiger partial charge in [-0.15, -0.1) is 0 Å². The van der Waals surface area contributed by atoms with Crippen molar-refractivity contribution < 1.29 is 29.3 Å². The normalized spacial score (nSPS) is 10.5. The molecule has 10 heteroatoms. The Kier molecular flexibility index (Phi) is 6.12. The number of benzene rings is 2. The fourth-order valence-electron chi connectivity index (χ4n) is 2.79. The van der Waals surface area contributed by atoms with E-state index in [0.29, 0.717) is 16.9 Å². The summed E-state index contributed by atoms with van der Waals surface area (Å²) in [4.78, 5) is 24.1. The first kappa shape index (κ1) is 21.0. The summed E-state index contributed by atoms with van der Waals surface area (Å²) in [5, 5.41) is 29.3. The molecule has 0 radical (unpaired) electrons. The number of phenolic OH excluding ortho intramolecular Hbond substituents is 2. The van der Waals surface area contributed by atoms with Gasteiger partial charge in [0.05, 0.1) is 19.2 Å². The molecule has 1 heterocycles. The van der Waals surface area contributed by atoms with Gasteiger partial charge in [0.2, 0.25) is 0 Å². The van der Waals surface area contributed by atoms with Crippen LogP contribution in [0.1, 0.15) is 10.5 Å². The molecule has 0 fully saturated rings. The van der Waals surface area contributed by atoms with Crippen molar-refractivity contribution in [3.63, 3.8) is 0 Å². The average molecular weight is 432 g/mol. The summed E-state index contributed by atoms with van der Waals surface area (Å²) >= 11 is 6.00. The third kappa shape index (κ3) is 4.15. The van der Waals surface area contributed by atoms with Crippen molar-refractivity contribution in [1.82, 2.24) is 15.5 Å². The number of hydrogen-bond acceptors (Lipinski definition) is 7. The van der Waals surface area contributed by atoms with Gasteiger partial charge in [-0.1, -0.05) is 23.7 Å². The average Bonchev–Trinajstić information content (AvgIpc) is 3.19. The van der Waals surface area contributed by atoms with Crippen molar-refractivity contribution >= 4 is 23.5 Å². The number of halogens is 1. The van der Waals surface area contributed by atoms with E-state index in [-0.39, 0.29) is 40.0 Å². The molecule has 0 atom stereocenters. The first-order valence-electron chi connectivity index (χ1n) is 8.65. The van der Waals surface area contributed by atoms with Gasteiger partial charge in [0.25, 0.3) is 5.91 Å². The number of ether oxygens (including phenoxy) is 2. The van der Waals surface area contributed by atoms with E-state index in [1.54, 1.807) is 24.3 Å². The summed E-state index contributed by atoms with van der Waals surface area (Å²) < 4.78 is 9.69. The third-order valence-electron chi connectivity index (χ3n) is 4.31. The molecule has 0 aliphatic rings. The Balaban J connectivity index is 2.13. The van der Waals surface area contributed by atoms with E-state index in [2.05, 4.69) is 20.3 Å². The Morgan fingerprint density at radius 2 is 1.83 bits per heavy atom. The van der Waals surface area contributed by atoms with Crippen molar-refractivity contribution in [1.29, 1.82) is 0 Å². The van der Waals surface area contributed by atoms with Gasteiger partial charge in [-0.3, -0.25) is 14.7 Å². The lowest BCUT2D eigenvalue weighted by atomic mass is 9.97. The van der Waals surface area contributed by atoms with Crippen LogP contribution in [0.4, 0.5) is 0 Å². The van der Waals surface area contributed by atoms with E-state index < -0.39 is 11.9 Å². The number of amides is 1. The second-order valence-corrected chi connectivity index (χ2v) is 6.54. The van der Waals surface area contributed by atoms with E-state index in [4.69, 9.17) is 16.3 Å². The second kappa shape index (κ2) is 8.75. The number of carbonyl (C=O) groups is 2. The number of nitrogens with one attached hydrogen (secondary N) is 2. The summed E-state index contributed by atoms with van der Waals surface area (Å²) in [5.41, 5.74) is 1.43. The Morgan fingerprint density at radius 1 is 1.13 bits per heavy atom. The van der Waals surface area contributed by atoms with Crippen molar-refractivity contribution in [2.75, 3.05) is 20.8 Å². The fourth-order valence-corrected chi connectivity index (χ4v) is 2.96. The molecule has 0 spiro atoms. The smallest absolute Gasteiger partial charge is 0.325 e. The standard InChI is InChI=1S/C20H18ClN3O6/c1-29-11-5-3-10(4-6-11)17-18(12-7-13(21)15(26)8-14(12)25)23-24-19(17)20(28)22-9-16(27)30-2/h3-8,25-26H,9H2,1-2H3,(H,22,28)(H,23,24). The van der Waals surface area contributed by atoms with Gasteiger partial charge < -0.3 is 25.0 Å². The molecule has 0 aliphatic carbocycles. The van der Waals surface area contributed by atoms with Crippen LogP contribution in [0.25, 0.3) is 22.4 Å². The van der Waals surface area contributed by atoms with Crippen molar-refractivity contribution in [3.05, 3.63) is 47.1 Å². The lowest BCUT2D eigenvalue weighted by Crippen LogP contribution is -2.30. The molecule has 4 N–H and O–H groups in total. The number of H-pyrrole nitrogens is 1. The number of esters is 1. The van der Waals surface area contributed by atoms with E-state index in [1.807, 2.05) is 0 Å². The molecule has 9 nitrogen and oxygen atoms in total. The molecule has 30 heavy (non-hydrogen) atoms. The number of rotatable bonds is 6. The second-order valence-electron chi connectivity index (χ2n) is 6.13. The summed E-state index contributed by atoms with van der Waals surface area (Å²) in [6.07, 6.45) is 0. The Bertz CT molecular complexity index is 1090. The molecule has 3 rings (SSSR count). The number of aromatic hydroxyl groups is 2. The predicted molar refractivity (Wildman–Crippen MR) is 109 cm³/mol. The van der Waals surface area contributed by atoms with Crippen LogP contribution in [0, 0.1) is 0 Å². The van der Waals surface area contributed by atoms with Crippen LogP contribution in [0.2, 0.25) is 5.02 Å². The number of phenols is 2. The molecule has 156 valence electrons. The highest BCUT2D eigenvalue weighted by molar-refractivity contribution is 6.32. The van der Waals surface area contributed by atoms with Gasteiger partial charge in [-0.2, -0.15) is 5.10 Å². The van der Waals surface area contributed by atoms with Crippen LogP contribution in [0.5, 0.6) is 17.2 Å². The molecule has 0 unspecified atom stereocenters. The molecular weight excluding hydrogens is 414 g/mol. The highest BCUT2D eigenvalue weighted by atomic mass is 35.5. The first-order chi connectivity index (χ1) is 14.3. The van der Waals surface area contributed by atoms with Gasteiger partial charge in [-0.05, 0) is 23.8 Å². The van der Waals surface area contributed by atoms with Crippen molar-refractivity contribution in [2.45, 2.75) is 0 Å². The van der Waals surface area contributed by atoms with Crippen molar-refractivity contribution in [2.24, 2.45) is 0 Å². The number of hydrogen-bond donors (Lipinski definition) is 4. The first-order valence-corrected chi connectivity index (χ1v) is 9.03. The Morgan fingerprint density at radius 3 is 2.47 bits per heavy atom. The summed E-state index contributed by atoms with van der Waals surface area (Å²) in [6.45, 7) is -0.331. The van der Waals surface area contributed by atoms with E-state index in [1.165, 1.54) is 20.3 Å². The molecule has 0 aliphatic heterocycles. The van der Waals surface area contributed by atoms with Crippen LogP contribution < -0.4 is 10.1 Å². The summed E-state index contributed by atoms with van der Waals surface area (Å²) in [6, 6.07) is 9.25. The monoisotopic (exact) mass is 431 g/mol. The number of aromatic nitrogens is 2. The minimum Gasteiger partial charge on any atom is -0.507 e. The molecule has 3 aromatic rings. The zero-order chi connectivity index (χ0) is 21.8. The fraction of sp³-hybridized carbons (Fsp3) is 0.150. The zero-order valence-corrected chi connectivity index (χ0v) is 16.8. The molecule has 0 saturated carbocycles. The zero-order valence-electron chi connectivity index (χ0n) is 16.0. The van der Waals surface area contributed by atoms with E-state index in [0.717, 1.165) is 6.07 Å². The lowest BCUT2D eigenvalue weighted by molar-refractivity contribution is -0.139. The highest BCUT2D eigenvalue weighted by Gasteiger charge is 2.24. The number of carbonyl (C=O) groups excluding carboxylic acids is 2. The van der Waals surface area contributed by atoms with E-state index >= 15 is 0 Å². The van der Waals surface area contributed by atoms with Gasteiger partial charge in [-0.25, -0.2) is 0 Å². The maximum absolute atomic E-state index is 12.7. The van der Waals surface area contributed by atoms with E-state index in [9.17, 15) is 19.8 Å². The SMILES string of the molecule is COC(=O)CNC(=O)c1[nH]nc(-c2cc(Cl)c(O)cc2O)c1-c1ccc(OC)cc1. The van der Waals surface area contributed by atoms with Crippen LogP contribution in [0.15, 0.2) is 36.4 Å². The minimum absolute atomic E-state index is 0.00294. The van der Waals surface area contributed by atoms with Crippen LogP contribution >= 0.6 is 11.6 Å². The Hall–Kier alpha value is -3.72. The number of aromatic amines is 1. The lowest BCUT2D eigenvalue weighted by Gasteiger charge is -2.10. The van der Waals surface area contributed by atoms with Gasteiger partial charge in [0, 0.05) is 17.2 Å². The molecule has 2 aromatic carbocycles. The Labute approximate surface area is 176 Å². The third-order valence-corrected chi connectivity index (χ3v) is 4.62.